The van der Waals surface area contributed by atoms with Gasteiger partial charge in [-0.15, -0.1) is 0 Å². The molecule has 0 bridgehead atoms. The second-order valence-electron chi connectivity index (χ2n) is 9.95. The van der Waals surface area contributed by atoms with Gasteiger partial charge in [0.05, 0.1) is 36.2 Å². The van der Waals surface area contributed by atoms with Gasteiger partial charge >= 0.3 is 0 Å². The van der Waals surface area contributed by atoms with Gasteiger partial charge in [-0.05, 0) is 75.9 Å². The van der Waals surface area contributed by atoms with Crippen LogP contribution in [0.15, 0.2) is 30.7 Å². The van der Waals surface area contributed by atoms with Crippen LogP contribution in [0.5, 0.6) is 0 Å². The highest BCUT2D eigenvalue weighted by atomic mass is 16.2. The van der Waals surface area contributed by atoms with Crippen molar-refractivity contribution in [1.82, 2.24) is 20.2 Å². The van der Waals surface area contributed by atoms with E-state index in [1.165, 1.54) is 0 Å². The average Bonchev–Trinajstić information content (AvgIpc) is 3.23. The third-order valence-corrected chi connectivity index (χ3v) is 7.02. The molecule has 1 radical (unpaired) electrons. The average molecular weight is 462 g/mol. The number of hydrogen-bond donors (Lipinski definition) is 2. The number of nitrogens with zero attached hydrogens (tertiary/aromatic N) is 4. The van der Waals surface area contributed by atoms with Crippen molar-refractivity contribution in [2.24, 2.45) is 18.4 Å². The van der Waals surface area contributed by atoms with Crippen LogP contribution in [-0.2, 0) is 29.6 Å². The van der Waals surface area contributed by atoms with Gasteiger partial charge in [-0.2, -0.15) is 5.26 Å². The third-order valence-electron chi connectivity index (χ3n) is 7.02. The fourth-order valence-corrected chi connectivity index (χ4v) is 4.71. The van der Waals surface area contributed by atoms with Gasteiger partial charge in [0.1, 0.15) is 5.41 Å². The van der Waals surface area contributed by atoms with Crippen molar-refractivity contribution in [3.63, 3.8) is 0 Å². The van der Waals surface area contributed by atoms with Gasteiger partial charge in [-0.1, -0.05) is 0 Å². The monoisotopic (exact) mass is 461 g/mol. The fourth-order valence-electron chi connectivity index (χ4n) is 4.71. The van der Waals surface area contributed by atoms with Gasteiger partial charge in [0.2, 0.25) is 5.91 Å². The number of amides is 1. The lowest BCUT2D eigenvalue weighted by atomic mass is 9.80. The maximum Gasteiger partial charge on any atom is 0.233 e. The smallest absolute Gasteiger partial charge is 0.233 e. The minimum absolute atomic E-state index is 0.119. The quantitative estimate of drug-likeness (QED) is 0.613. The molecule has 8 nitrogen and oxygen atoms in total. The van der Waals surface area contributed by atoms with E-state index in [1.54, 1.807) is 26.6 Å². The van der Waals surface area contributed by atoms with Crippen LogP contribution < -0.4 is 15.5 Å². The van der Waals surface area contributed by atoms with Crippen LogP contribution in [0.3, 0.4) is 0 Å². The predicted octanol–water partition coefficient (Wildman–Crippen LogP) is 2.14. The van der Waals surface area contributed by atoms with E-state index in [0.29, 0.717) is 25.1 Å². The third kappa shape index (κ3) is 5.15. The maximum atomic E-state index is 13.3. The zero-order chi connectivity index (χ0) is 24.3. The molecule has 1 unspecified atom stereocenters. The molecular weight excluding hydrogens is 428 g/mol. The summed E-state index contributed by atoms with van der Waals surface area (Å²) in [7, 11) is 1.96. The zero-order valence-electron chi connectivity index (χ0n) is 20.2. The SMILES string of the molecule is Cn1cncc1CN1CC(NC(=O)C(C)(C)C(=O)[CH]C2CCNCC2)Cc2cc(C#N)ccc21. The van der Waals surface area contributed by atoms with Gasteiger partial charge in [-0.3, -0.25) is 9.59 Å². The lowest BCUT2D eigenvalue weighted by molar-refractivity contribution is -0.139. The summed E-state index contributed by atoms with van der Waals surface area (Å²) in [5.74, 6) is -0.152. The Morgan fingerprint density at radius 3 is 2.76 bits per heavy atom. The number of carbonyl (C=O) groups excluding carboxylic acids is 2. The van der Waals surface area contributed by atoms with Crippen LogP contribution >= 0.6 is 0 Å². The lowest BCUT2D eigenvalue weighted by Crippen LogP contribution is -2.53. The highest BCUT2D eigenvalue weighted by Crippen LogP contribution is 2.31. The molecule has 1 amide bonds. The van der Waals surface area contributed by atoms with Crippen molar-refractivity contribution in [3.05, 3.63) is 54.0 Å². The number of fused-ring (bicyclic) bond motifs is 1. The molecular formula is C26H33N6O2. The summed E-state index contributed by atoms with van der Waals surface area (Å²) in [4.78, 5) is 32.7. The molecule has 2 aliphatic rings. The maximum absolute atomic E-state index is 13.3. The molecule has 1 fully saturated rings. The molecule has 1 atom stereocenters. The van der Waals surface area contributed by atoms with Crippen molar-refractivity contribution < 1.29 is 9.59 Å². The molecule has 2 aromatic rings. The lowest BCUT2D eigenvalue weighted by Gasteiger charge is -2.38. The standard InChI is InChI=1S/C26H33N6O2/c1-26(2,24(33)11-18-6-8-28-9-7-18)25(34)30-21-12-20-10-19(13-27)4-5-23(20)32(15-21)16-22-14-29-17-31(22)3/h4-5,10-11,14,17-18,21,28H,6-9,12,15-16H2,1-3H3,(H,30,34). The molecule has 1 saturated heterocycles. The summed E-state index contributed by atoms with van der Waals surface area (Å²) in [6, 6.07) is 7.73. The molecule has 0 aliphatic carbocycles. The fraction of sp³-hybridized carbons (Fsp3) is 0.500. The number of Topliss-reactive ketones (excluding diaryl/α,β-unsaturated/α-hetero) is 1. The summed E-state index contributed by atoms with van der Waals surface area (Å²) in [6.45, 7) is 6.46. The molecule has 1 aromatic heterocycles. The van der Waals surface area contributed by atoms with Crippen molar-refractivity contribution in [2.75, 3.05) is 24.5 Å². The van der Waals surface area contributed by atoms with E-state index < -0.39 is 5.41 Å². The number of nitrogens with one attached hydrogen (secondary N) is 2. The summed E-state index contributed by atoms with van der Waals surface area (Å²) < 4.78 is 1.98. The van der Waals surface area contributed by atoms with Crippen LogP contribution in [0, 0.1) is 29.1 Å². The Bertz CT molecular complexity index is 1090. The number of aryl methyl sites for hydroxylation is 1. The molecule has 34 heavy (non-hydrogen) atoms. The number of nitriles is 1. The number of rotatable bonds is 7. The summed E-state index contributed by atoms with van der Waals surface area (Å²) in [5, 5.41) is 15.8. The van der Waals surface area contributed by atoms with Crippen LogP contribution in [-0.4, -0.2) is 46.9 Å². The summed E-state index contributed by atoms with van der Waals surface area (Å²) in [6.07, 6.45) is 7.82. The summed E-state index contributed by atoms with van der Waals surface area (Å²) in [5.41, 5.74) is 2.59. The number of hydrogen-bond acceptors (Lipinski definition) is 6. The van der Waals surface area contributed by atoms with Crippen LogP contribution in [0.25, 0.3) is 0 Å². The minimum atomic E-state index is -1.13. The first-order valence-corrected chi connectivity index (χ1v) is 11.9. The normalized spacial score (nSPS) is 18.8. The first-order chi connectivity index (χ1) is 16.3. The van der Waals surface area contributed by atoms with E-state index in [1.807, 2.05) is 36.0 Å². The molecule has 0 saturated carbocycles. The Morgan fingerprint density at radius 2 is 2.09 bits per heavy atom. The van der Waals surface area contributed by atoms with Crippen LogP contribution in [0.1, 0.15) is 43.5 Å². The highest BCUT2D eigenvalue weighted by molar-refractivity contribution is 6.09. The summed E-state index contributed by atoms with van der Waals surface area (Å²) >= 11 is 0. The molecule has 8 heteroatoms. The number of imidazole rings is 1. The topological polar surface area (TPSA) is 103 Å². The highest BCUT2D eigenvalue weighted by Gasteiger charge is 2.39. The first kappa shape index (κ1) is 24.0. The largest absolute Gasteiger partial charge is 0.363 e. The van der Waals surface area contributed by atoms with Crippen molar-refractivity contribution in [1.29, 1.82) is 5.26 Å². The van der Waals surface area contributed by atoms with E-state index in [4.69, 9.17) is 0 Å². The Hall–Kier alpha value is -3.18. The minimum Gasteiger partial charge on any atom is -0.363 e. The van der Waals surface area contributed by atoms with Gasteiger partial charge in [0, 0.05) is 31.9 Å². The molecule has 1 aromatic carbocycles. The predicted molar refractivity (Wildman–Crippen MR) is 130 cm³/mol. The van der Waals surface area contributed by atoms with E-state index in [2.05, 4.69) is 26.6 Å². The van der Waals surface area contributed by atoms with E-state index in [-0.39, 0.29) is 23.7 Å². The molecule has 179 valence electrons. The number of aromatic nitrogens is 2. The number of ketones is 1. The molecule has 3 heterocycles. The van der Waals surface area contributed by atoms with Gasteiger partial charge in [0.25, 0.3) is 0 Å². The molecule has 2 N–H and O–H groups in total. The Labute approximate surface area is 201 Å². The van der Waals surface area contributed by atoms with E-state index >= 15 is 0 Å². The van der Waals surface area contributed by atoms with E-state index in [9.17, 15) is 14.9 Å². The number of anilines is 1. The Morgan fingerprint density at radius 1 is 1.32 bits per heavy atom. The van der Waals surface area contributed by atoms with Crippen LogP contribution in [0.4, 0.5) is 5.69 Å². The van der Waals surface area contributed by atoms with Gasteiger partial charge < -0.3 is 20.1 Å². The second kappa shape index (κ2) is 9.98. The number of benzene rings is 1. The second-order valence-corrected chi connectivity index (χ2v) is 9.95. The van der Waals surface area contributed by atoms with Crippen molar-refractivity contribution in [2.45, 2.75) is 45.7 Å². The Balaban J connectivity index is 1.49. The van der Waals surface area contributed by atoms with Crippen LogP contribution in [0.2, 0.25) is 0 Å². The zero-order valence-corrected chi connectivity index (χ0v) is 20.2. The first-order valence-electron chi connectivity index (χ1n) is 11.9. The van der Waals surface area contributed by atoms with Crippen molar-refractivity contribution >= 4 is 17.4 Å². The number of piperidine rings is 1. The molecule has 0 spiro atoms. The number of carbonyl (C=O) groups is 2. The van der Waals surface area contributed by atoms with Gasteiger partial charge in [0.15, 0.2) is 5.78 Å². The van der Waals surface area contributed by atoms with Gasteiger partial charge in [-0.25, -0.2) is 4.98 Å². The molecule has 2 aliphatic heterocycles. The molecule has 4 rings (SSSR count). The Kier molecular flexibility index (Phi) is 7.03. The van der Waals surface area contributed by atoms with Crippen molar-refractivity contribution in [3.8, 4) is 6.07 Å². The van der Waals surface area contributed by atoms with E-state index in [0.717, 1.165) is 42.9 Å².